The second-order valence-corrected chi connectivity index (χ2v) is 5.22. The van der Waals surface area contributed by atoms with Gasteiger partial charge in [-0.25, -0.2) is 0 Å². The maximum absolute atomic E-state index is 6.19. The Kier molecular flexibility index (Phi) is 4.25. The van der Waals surface area contributed by atoms with Gasteiger partial charge in [-0.1, -0.05) is 29.8 Å². The van der Waals surface area contributed by atoms with E-state index in [1.54, 1.807) is 0 Å². The van der Waals surface area contributed by atoms with Crippen LogP contribution in [-0.4, -0.2) is 24.5 Å². The van der Waals surface area contributed by atoms with Gasteiger partial charge in [0.15, 0.2) is 0 Å². The van der Waals surface area contributed by atoms with Gasteiger partial charge in [0.2, 0.25) is 0 Å². The third-order valence-electron chi connectivity index (χ3n) is 3.72. The lowest BCUT2D eigenvalue weighted by Crippen LogP contribution is -2.33. The van der Waals surface area contributed by atoms with Gasteiger partial charge in [0.25, 0.3) is 0 Å². The molecule has 1 heterocycles. The van der Waals surface area contributed by atoms with Gasteiger partial charge in [0, 0.05) is 11.6 Å². The number of likely N-dealkylation sites (tertiary alicyclic amines) is 1. The highest BCUT2D eigenvalue weighted by Gasteiger charge is 2.21. The minimum Gasteiger partial charge on any atom is -0.300 e. The molecule has 2 rings (SSSR count). The number of hydrogen-bond donors (Lipinski definition) is 0. The molecule has 0 unspecified atom stereocenters. The van der Waals surface area contributed by atoms with Crippen molar-refractivity contribution in [1.29, 1.82) is 0 Å². The van der Waals surface area contributed by atoms with E-state index >= 15 is 0 Å². The molecule has 2 heteroatoms. The van der Waals surface area contributed by atoms with Gasteiger partial charge in [-0.2, -0.15) is 0 Å². The summed E-state index contributed by atoms with van der Waals surface area (Å²) < 4.78 is 0. The summed E-state index contributed by atoms with van der Waals surface area (Å²) in [4.78, 5) is 2.46. The van der Waals surface area contributed by atoms with E-state index in [1.165, 1.54) is 37.1 Å². The third-order valence-corrected chi connectivity index (χ3v) is 4.13. The fourth-order valence-electron chi connectivity index (χ4n) is 2.68. The van der Waals surface area contributed by atoms with Crippen molar-refractivity contribution < 1.29 is 0 Å². The fourth-order valence-corrected chi connectivity index (χ4v) is 2.86. The Hall–Kier alpha value is -0.790. The van der Waals surface area contributed by atoms with Crippen LogP contribution in [0.4, 0.5) is 0 Å². The first kappa shape index (κ1) is 12.7. The number of piperidine rings is 1. The quantitative estimate of drug-likeness (QED) is 0.732. The molecule has 1 aliphatic heterocycles. The molecule has 17 heavy (non-hydrogen) atoms. The lowest BCUT2D eigenvalue weighted by atomic mass is 9.87. The largest absolute Gasteiger partial charge is 0.300 e. The van der Waals surface area contributed by atoms with E-state index in [1.807, 2.05) is 12.1 Å². The number of halogens is 1. The maximum atomic E-state index is 6.19. The Bertz CT molecular complexity index is 392. The molecule has 0 aliphatic carbocycles. The summed E-state index contributed by atoms with van der Waals surface area (Å²) in [5.41, 5.74) is 2.70. The first-order valence-electron chi connectivity index (χ1n) is 6.30. The van der Waals surface area contributed by atoms with Gasteiger partial charge >= 0.3 is 0 Å². The molecule has 0 spiro atoms. The van der Waals surface area contributed by atoms with Gasteiger partial charge in [0.05, 0.1) is 0 Å². The van der Waals surface area contributed by atoms with Crippen LogP contribution in [-0.2, 0) is 0 Å². The van der Waals surface area contributed by atoms with Crippen molar-refractivity contribution in [3.05, 3.63) is 47.0 Å². The van der Waals surface area contributed by atoms with Crippen molar-refractivity contribution in [2.24, 2.45) is 0 Å². The van der Waals surface area contributed by atoms with Crippen LogP contribution < -0.4 is 0 Å². The first-order valence-corrected chi connectivity index (χ1v) is 6.68. The van der Waals surface area contributed by atoms with E-state index in [-0.39, 0.29) is 0 Å². The number of benzene rings is 1. The maximum Gasteiger partial charge on any atom is 0.0438 e. The van der Waals surface area contributed by atoms with E-state index in [4.69, 9.17) is 11.6 Å². The highest BCUT2D eigenvalue weighted by atomic mass is 35.5. The minimum atomic E-state index is 0.676. The number of hydrogen-bond acceptors (Lipinski definition) is 1. The molecule has 1 aromatic carbocycles. The Morgan fingerprint density at radius 1 is 1.41 bits per heavy atom. The zero-order chi connectivity index (χ0) is 12.3. The average molecular weight is 250 g/mol. The van der Waals surface area contributed by atoms with Crippen molar-refractivity contribution in [3.8, 4) is 0 Å². The standard InChI is InChI=1S/C15H20ClN/c1-3-9-17-10-7-13(8-11-17)14-5-4-6-15(16)12(14)2/h3-6,13H,1,7-11H2,2H3. The van der Waals surface area contributed by atoms with E-state index in [0.29, 0.717) is 5.92 Å². The Morgan fingerprint density at radius 3 is 2.76 bits per heavy atom. The van der Waals surface area contributed by atoms with E-state index < -0.39 is 0 Å². The lowest BCUT2D eigenvalue weighted by molar-refractivity contribution is 0.232. The van der Waals surface area contributed by atoms with Crippen molar-refractivity contribution in [2.75, 3.05) is 19.6 Å². The van der Waals surface area contributed by atoms with Gasteiger partial charge in [-0.05, 0) is 56.0 Å². The second-order valence-electron chi connectivity index (χ2n) is 4.82. The SMILES string of the molecule is C=CCN1CCC(c2cccc(Cl)c2C)CC1. The molecule has 0 bridgehead atoms. The average Bonchev–Trinajstić information content (AvgIpc) is 2.34. The molecule has 1 fully saturated rings. The van der Waals surface area contributed by atoms with Crippen molar-refractivity contribution >= 4 is 11.6 Å². The third kappa shape index (κ3) is 2.91. The van der Waals surface area contributed by atoms with Crippen LogP contribution in [0.1, 0.15) is 29.9 Å². The lowest BCUT2D eigenvalue weighted by Gasteiger charge is -2.32. The van der Waals surface area contributed by atoms with Gasteiger partial charge in [-0.15, -0.1) is 6.58 Å². The van der Waals surface area contributed by atoms with Crippen molar-refractivity contribution in [2.45, 2.75) is 25.7 Å². The van der Waals surface area contributed by atoms with Crippen LogP contribution in [0.25, 0.3) is 0 Å². The summed E-state index contributed by atoms with van der Waals surface area (Å²) >= 11 is 6.19. The zero-order valence-electron chi connectivity index (χ0n) is 10.5. The van der Waals surface area contributed by atoms with Crippen LogP contribution in [0.5, 0.6) is 0 Å². The van der Waals surface area contributed by atoms with Crippen LogP contribution in [0.3, 0.4) is 0 Å². The first-order chi connectivity index (χ1) is 8.22. The van der Waals surface area contributed by atoms with E-state index in [9.17, 15) is 0 Å². The zero-order valence-corrected chi connectivity index (χ0v) is 11.2. The summed E-state index contributed by atoms with van der Waals surface area (Å²) in [6, 6.07) is 6.28. The molecule has 0 N–H and O–H groups in total. The topological polar surface area (TPSA) is 3.24 Å². The smallest absolute Gasteiger partial charge is 0.0438 e. The summed E-state index contributed by atoms with van der Waals surface area (Å²) in [6.45, 7) is 9.28. The summed E-state index contributed by atoms with van der Waals surface area (Å²) in [5, 5.41) is 0.899. The highest BCUT2D eigenvalue weighted by Crippen LogP contribution is 2.32. The Labute approximate surface area is 109 Å². The molecule has 0 aromatic heterocycles. The second kappa shape index (κ2) is 5.70. The molecule has 92 valence electrons. The summed E-state index contributed by atoms with van der Waals surface area (Å²) in [7, 11) is 0. The molecular weight excluding hydrogens is 230 g/mol. The molecule has 0 saturated carbocycles. The highest BCUT2D eigenvalue weighted by molar-refractivity contribution is 6.31. The fraction of sp³-hybridized carbons (Fsp3) is 0.467. The molecule has 0 amide bonds. The van der Waals surface area contributed by atoms with Gasteiger partial charge in [-0.3, -0.25) is 4.90 Å². The van der Waals surface area contributed by atoms with E-state index in [0.717, 1.165) is 11.6 Å². The van der Waals surface area contributed by atoms with Gasteiger partial charge < -0.3 is 0 Å². The predicted octanol–water partition coefficient (Wildman–Crippen LogP) is 4.01. The van der Waals surface area contributed by atoms with Crippen LogP contribution in [0.2, 0.25) is 5.02 Å². The number of nitrogens with zero attached hydrogens (tertiary/aromatic N) is 1. The Balaban J connectivity index is 2.05. The molecule has 1 saturated heterocycles. The van der Waals surface area contributed by atoms with Crippen LogP contribution >= 0.6 is 11.6 Å². The molecule has 1 aliphatic rings. The molecule has 1 aromatic rings. The van der Waals surface area contributed by atoms with Crippen LogP contribution in [0.15, 0.2) is 30.9 Å². The van der Waals surface area contributed by atoms with Gasteiger partial charge in [0.1, 0.15) is 0 Å². The predicted molar refractivity (Wildman–Crippen MR) is 74.8 cm³/mol. The number of rotatable bonds is 3. The summed E-state index contributed by atoms with van der Waals surface area (Å²) in [5.74, 6) is 0.676. The van der Waals surface area contributed by atoms with E-state index in [2.05, 4.69) is 30.5 Å². The molecule has 0 atom stereocenters. The molecule has 1 nitrogen and oxygen atoms in total. The molecular formula is C15H20ClN. The monoisotopic (exact) mass is 249 g/mol. The molecule has 0 radical (unpaired) electrons. The van der Waals surface area contributed by atoms with Crippen molar-refractivity contribution in [3.63, 3.8) is 0 Å². The van der Waals surface area contributed by atoms with Crippen molar-refractivity contribution in [1.82, 2.24) is 4.90 Å². The van der Waals surface area contributed by atoms with Crippen LogP contribution in [0, 0.1) is 6.92 Å². The Morgan fingerprint density at radius 2 is 2.12 bits per heavy atom. The summed E-state index contributed by atoms with van der Waals surface area (Å²) in [6.07, 6.45) is 4.45. The minimum absolute atomic E-state index is 0.676. The normalized spacial score (nSPS) is 18.2.